The maximum absolute atomic E-state index is 14.4. The zero-order chi connectivity index (χ0) is 14.4. The lowest BCUT2D eigenvalue weighted by Crippen LogP contribution is -2.33. The van der Waals surface area contributed by atoms with Crippen LogP contribution in [0.15, 0.2) is 0 Å². The van der Waals surface area contributed by atoms with E-state index < -0.39 is 11.8 Å². The molecule has 0 bridgehead atoms. The molecule has 0 fully saturated rings. The fourth-order valence-electron chi connectivity index (χ4n) is 2.45. The molecule has 19 heavy (non-hydrogen) atoms. The summed E-state index contributed by atoms with van der Waals surface area (Å²) < 4.78 is 25.3. The quantitative estimate of drug-likeness (QED) is 0.576. The Labute approximate surface area is 112 Å². The van der Waals surface area contributed by atoms with Crippen LogP contribution in [0, 0.1) is 19.7 Å². The number of halogens is 1. The van der Waals surface area contributed by atoms with Crippen LogP contribution in [0.2, 0.25) is 0 Å². The molecule has 0 aliphatic carbocycles. The Balaban J connectivity index is 2.60. The van der Waals surface area contributed by atoms with Crippen LogP contribution in [0.25, 0.3) is 0 Å². The number of esters is 1. The molecule has 2 rings (SSSR count). The molecule has 0 atom stereocenters. The van der Waals surface area contributed by atoms with Gasteiger partial charge in [-0.15, -0.1) is 0 Å². The van der Waals surface area contributed by atoms with E-state index in [1.165, 1.54) is 6.92 Å². The Bertz CT molecular complexity index is 547. The molecule has 0 aromatic heterocycles. The van der Waals surface area contributed by atoms with Gasteiger partial charge < -0.3 is 9.47 Å². The number of rotatable bonds is 1. The average molecular weight is 266 g/mol. The highest BCUT2D eigenvalue weighted by Crippen LogP contribution is 2.42. The number of hydrogen-bond acceptors (Lipinski definition) is 3. The zero-order valence-corrected chi connectivity index (χ0v) is 12.0. The SMILES string of the molecule is CC(=O)Oc1c(C)c(F)c2c(c1C)CCC(C)(C)O2. The highest BCUT2D eigenvalue weighted by atomic mass is 19.1. The normalized spacial score (nSPS) is 16.5. The van der Waals surface area contributed by atoms with E-state index in [1.54, 1.807) is 6.92 Å². The Morgan fingerprint density at radius 1 is 1.32 bits per heavy atom. The van der Waals surface area contributed by atoms with Crippen molar-refractivity contribution in [2.45, 2.75) is 53.1 Å². The number of ether oxygens (including phenoxy) is 2. The molecule has 0 saturated carbocycles. The molecule has 0 unspecified atom stereocenters. The molecule has 0 spiro atoms. The third-order valence-electron chi connectivity index (χ3n) is 3.54. The fourth-order valence-corrected chi connectivity index (χ4v) is 2.45. The Morgan fingerprint density at radius 3 is 2.53 bits per heavy atom. The molecule has 1 aliphatic heterocycles. The van der Waals surface area contributed by atoms with Crippen LogP contribution >= 0.6 is 0 Å². The van der Waals surface area contributed by atoms with Crippen molar-refractivity contribution in [3.05, 3.63) is 22.5 Å². The molecule has 4 heteroatoms. The lowest BCUT2D eigenvalue weighted by Gasteiger charge is -2.34. The fraction of sp³-hybridized carbons (Fsp3) is 0.533. The minimum absolute atomic E-state index is 0.308. The van der Waals surface area contributed by atoms with Crippen LogP contribution < -0.4 is 9.47 Å². The molecule has 1 aromatic rings. The van der Waals surface area contributed by atoms with Crippen LogP contribution in [0.1, 0.15) is 43.9 Å². The summed E-state index contributed by atoms with van der Waals surface area (Å²) >= 11 is 0. The van der Waals surface area contributed by atoms with Crippen LogP contribution in [-0.2, 0) is 11.2 Å². The number of hydrogen-bond donors (Lipinski definition) is 0. The van der Waals surface area contributed by atoms with Crippen LogP contribution in [-0.4, -0.2) is 11.6 Å². The minimum Gasteiger partial charge on any atom is -0.484 e. The molecule has 1 aliphatic rings. The summed E-state index contributed by atoms with van der Waals surface area (Å²) in [6, 6.07) is 0. The first-order valence-electron chi connectivity index (χ1n) is 6.42. The van der Waals surface area contributed by atoms with Gasteiger partial charge in [-0.1, -0.05) is 0 Å². The second-order valence-corrected chi connectivity index (χ2v) is 5.66. The van der Waals surface area contributed by atoms with E-state index in [9.17, 15) is 9.18 Å². The summed E-state index contributed by atoms with van der Waals surface area (Å²) in [5, 5.41) is 0. The summed E-state index contributed by atoms with van der Waals surface area (Å²) in [4.78, 5) is 11.1. The van der Waals surface area contributed by atoms with Crippen molar-refractivity contribution < 1.29 is 18.7 Å². The van der Waals surface area contributed by atoms with E-state index in [0.29, 0.717) is 17.1 Å². The van der Waals surface area contributed by atoms with E-state index in [-0.39, 0.29) is 5.60 Å². The van der Waals surface area contributed by atoms with Gasteiger partial charge in [-0.2, -0.15) is 0 Å². The summed E-state index contributed by atoms with van der Waals surface area (Å²) in [5.74, 6) is -0.235. The maximum Gasteiger partial charge on any atom is 0.308 e. The molecule has 1 heterocycles. The molecule has 0 N–H and O–H groups in total. The lowest BCUT2D eigenvalue weighted by molar-refractivity contribution is -0.132. The van der Waals surface area contributed by atoms with Gasteiger partial charge >= 0.3 is 5.97 Å². The second-order valence-electron chi connectivity index (χ2n) is 5.66. The van der Waals surface area contributed by atoms with Crippen molar-refractivity contribution >= 4 is 5.97 Å². The van der Waals surface area contributed by atoms with Crippen molar-refractivity contribution in [1.82, 2.24) is 0 Å². The summed E-state index contributed by atoms with van der Waals surface area (Å²) in [7, 11) is 0. The minimum atomic E-state index is -0.442. The largest absolute Gasteiger partial charge is 0.484 e. The van der Waals surface area contributed by atoms with Crippen molar-refractivity contribution in [2.75, 3.05) is 0 Å². The van der Waals surface area contributed by atoms with Gasteiger partial charge in [0.2, 0.25) is 0 Å². The highest BCUT2D eigenvalue weighted by molar-refractivity contribution is 5.71. The Morgan fingerprint density at radius 2 is 1.95 bits per heavy atom. The van der Waals surface area contributed by atoms with Crippen molar-refractivity contribution in [3.8, 4) is 11.5 Å². The van der Waals surface area contributed by atoms with Gasteiger partial charge in [0.25, 0.3) is 0 Å². The number of carbonyl (C=O) groups excluding carboxylic acids is 1. The molecule has 0 amide bonds. The van der Waals surface area contributed by atoms with Crippen molar-refractivity contribution in [2.24, 2.45) is 0 Å². The molecular formula is C15H19FO3. The van der Waals surface area contributed by atoms with Crippen LogP contribution in [0.3, 0.4) is 0 Å². The predicted molar refractivity (Wildman–Crippen MR) is 70.2 cm³/mol. The molecular weight excluding hydrogens is 247 g/mol. The summed E-state index contributed by atoms with van der Waals surface area (Å²) in [6.45, 7) is 8.65. The van der Waals surface area contributed by atoms with E-state index in [4.69, 9.17) is 9.47 Å². The van der Waals surface area contributed by atoms with Crippen LogP contribution in [0.4, 0.5) is 4.39 Å². The highest BCUT2D eigenvalue weighted by Gasteiger charge is 2.32. The monoisotopic (exact) mass is 266 g/mol. The molecule has 104 valence electrons. The maximum atomic E-state index is 14.4. The first-order chi connectivity index (χ1) is 8.73. The van der Waals surface area contributed by atoms with Gasteiger partial charge in [0.1, 0.15) is 11.4 Å². The van der Waals surface area contributed by atoms with Crippen LogP contribution in [0.5, 0.6) is 11.5 Å². The molecule has 1 aromatic carbocycles. The van der Waals surface area contributed by atoms with Gasteiger partial charge in [-0.25, -0.2) is 4.39 Å². The first kappa shape index (κ1) is 13.8. The van der Waals surface area contributed by atoms with Gasteiger partial charge in [0, 0.05) is 18.1 Å². The molecule has 0 radical (unpaired) electrons. The molecule has 3 nitrogen and oxygen atoms in total. The molecule has 0 saturated heterocycles. The Kier molecular flexibility index (Phi) is 3.29. The van der Waals surface area contributed by atoms with E-state index in [1.807, 2.05) is 20.8 Å². The van der Waals surface area contributed by atoms with Gasteiger partial charge in [0.15, 0.2) is 11.6 Å². The van der Waals surface area contributed by atoms with E-state index in [0.717, 1.165) is 24.0 Å². The van der Waals surface area contributed by atoms with Gasteiger partial charge in [-0.05, 0) is 46.1 Å². The average Bonchev–Trinajstić information content (AvgIpc) is 2.30. The third-order valence-corrected chi connectivity index (χ3v) is 3.54. The van der Waals surface area contributed by atoms with Crippen molar-refractivity contribution in [1.29, 1.82) is 0 Å². The third kappa shape index (κ3) is 2.44. The number of fused-ring (bicyclic) bond motifs is 1. The lowest BCUT2D eigenvalue weighted by atomic mass is 9.90. The van der Waals surface area contributed by atoms with Gasteiger partial charge in [-0.3, -0.25) is 4.79 Å². The van der Waals surface area contributed by atoms with E-state index >= 15 is 0 Å². The van der Waals surface area contributed by atoms with Gasteiger partial charge in [0.05, 0.1) is 0 Å². The number of benzene rings is 1. The topological polar surface area (TPSA) is 35.5 Å². The number of carbonyl (C=O) groups is 1. The zero-order valence-electron chi connectivity index (χ0n) is 12.0. The summed E-state index contributed by atoms with van der Waals surface area (Å²) in [6.07, 6.45) is 1.53. The standard InChI is InChI=1S/C15H19FO3/c1-8-11-6-7-15(4,5)19-14(11)12(16)9(2)13(8)18-10(3)17/h6-7H2,1-5H3. The smallest absolute Gasteiger partial charge is 0.308 e. The summed E-state index contributed by atoms with van der Waals surface area (Å²) in [5.41, 5.74) is 1.55. The predicted octanol–water partition coefficient (Wildman–Crippen LogP) is 3.47. The second kappa shape index (κ2) is 4.51. The first-order valence-corrected chi connectivity index (χ1v) is 6.42. The Hall–Kier alpha value is -1.58. The van der Waals surface area contributed by atoms with Crippen molar-refractivity contribution in [3.63, 3.8) is 0 Å². The van der Waals surface area contributed by atoms with E-state index in [2.05, 4.69) is 0 Å².